The zero-order chi connectivity index (χ0) is 13.2. The van der Waals surface area contributed by atoms with E-state index in [0.717, 1.165) is 6.42 Å². The second kappa shape index (κ2) is 8.52. The number of rotatable bonds is 7. The first kappa shape index (κ1) is 14.5. The molecule has 1 atom stereocenters. The second-order valence-corrected chi connectivity index (χ2v) is 4.98. The van der Waals surface area contributed by atoms with E-state index < -0.39 is 0 Å². The number of hydrogen-bond donors (Lipinski definition) is 0. The molecule has 1 rings (SSSR count). The summed E-state index contributed by atoms with van der Waals surface area (Å²) in [5, 5.41) is 0. The lowest BCUT2D eigenvalue weighted by molar-refractivity contribution is 0.605. The van der Waals surface area contributed by atoms with Crippen molar-refractivity contribution in [3.05, 3.63) is 66.3 Å². The summed E-state index contributed by atoms with van der Waals surface area (Å²) in [6.45, 7) is 8.30. The first-order valence-electron chi connectivity index (χ1n) is 6.73. The van der Waals surface area contributed by atoms with Gasteiger partial charge in [-0.25, -0.2) is 0 Å². The molecular weight excluding hydrogens is 216 g/mol. The minimum absolute atomic E-state index is 0.643. The van der Waals surface area contributed by atoms with Crippen molar-refractivity contribution in [3.63, 3.8) is 0 Å². The first-order chi connectivity index (χ1) is 8.68. The van der Waals surface area contributed by atoms with Gasteiger partial charge in [-0.15, -0.1) is 6.58 Å². The Morgan fingerprint density at radius 2 is 1.94 bits per heavy atom. The largest absolute Gasteiger partial charge is 0.100 e. The van der Waals surface area contributed by atoms with Crippen LogP contribution >= 0.6 is 0 Å². The summed E-state index contributed by atoms with van der Waals surface area (Å²) in [6.07, 6.45) is 12.3. The standard InChI is InChI=1S/C18H24/c1-16(2)10-9-12-17(3)11-7-8-15-18-13-5-4-6-14-18/h4-8,11,13-15,17H,1,9-10,12H2,2-3H3/b11-7+,15-8+/t17-/m1/s1. The normalized spacial score (nSPS) is 13.2. The Labute approximate surface area is 112 Å². The Hall–Kier alpha value is -1.56. The Balaban J connectivity index is 2.27. The van der Waals surface area contributed by atoms with Crippen LogP contribution in [-0.4, -0.2) is 0 Å². The van der Waals surface area contributed by atoms with E-state index in [2.05, 4.69) is 69.0 Å². The van der Waals surface area contributed by atoms with Gasteiger partial charge in [-0.2, -0.15) is 0 Å². The van der Waals surface area contributed by atoms with Gasteiger partial charge in [-0.1, -0.05) is 67.1 Å². The zero-order valence-electron chi connectivity index (χ0n) is 11.6. The van der Waals surface area contributed by atoms with Crippen LogP contribution < -0.4 is 0 Å². The van der Waals surface area contributed by atoms with Gasteiger partial charge in [0.2, 0.25) is 0 Å². The Morgan fingerprint density at radius 3 is 2.61 bits per heavy atom. The summed E-state index contributed by atoms with van der Waals surface area (Å²) in [4.78, 5) is 0. The van der Waals surface area contributed by atoms with Gasteiger partial charge < -0.3 is 0 Å². The second-order valence-electron chi connectivity index (χ2n) is 4.98. The average molecular weight is 240 g/mol. The lowest BCUT2D eigenvalue weighted by Gasteiger charge is -2.04. The third-order valence-electron chi connectivity index (χ3n) is 2.90. The third-order valence-corrected chi connectivity index (χ3v) is 2.90. The predicted molar refractivity (Wildman–Crippen MR) is 82.4 cm³/mol. The van der Waals surface area contributed by atoms with Crippen molar-refractivity contribution < 1.29 is 0 Å². The van der Waals surface area contributed by atoms with Crippen molar-refractivity contribution in [1.29, 1.82) is 0 Å². The molecule has 18 heavy (non-hydrogen) atoms. The van der Waals surface area contributed by atoms with Gasteiger partial charge in [-0.05, 0) is 37.7 Å². The van der Waals surface area contributed by atoms with Crippen LogP contribution in [0.2, 0.25) is 0 Å². The van der Waals surface area contributed by atoms with Gasteiger partial charge in [0.25, 0.3) is 0 Å². The van der Waals surface area contributed by atoms with Crippen LogP contribution in [-0.2, 0) is 0 Å². The summed E-state index contributed by atoms with van der Waals surface area (Å²) in [6, 6.07) is 10.4. The van der Waals surface area contributed by atoms with Gasteiger partial charge in [-0.3, -0.25) is 0 Å². The van der Waals surface area contributed by atoms with E-state index in [1.54, 1.807) is 0 Å². The highest BCUT2D eigenvalue weighted by Gasteiger charge is 1.96. The third kappa shape index (κ3) is 6.90. The number of benzene rings is 1. The molecule has 0 nitrogen and oxygen atoms in total. The smallest absolute Gasteiger partial charge is 0.0257 e. The fraction of sp³-hybridized carbons (Fsp3) is 0.333. The average Bonchev–Trinajstić information content (AvgIpc) is 2.35. The minimum Gasteiger partial charge on any atom is -0.100 e. The van der Waals surface area contributed by atoms with Crippen LogP contribution in [0.5, 0.6) is 0 Å². The topological polar surface area (TPSA) is 0 Å². The van der Waals surface area contributed by atoms with Crippen LogP contribution in [0.25, 0.3) is 6.08 Å². The molecule has 0 fully saturated rings. The molecule has 0 aliphatic heterocycles. The highest BCUT2D eigenvalue weighted by atomic mass is 14.0. The molecule has 1 aromatic carbocycles. The van der Waals surface area contributed by atoms with Gasteiger partial charge in [0.15, 0.2) is 0 Å². The fourth-order valence-corrected chi connectivity index (χ4v) is 1.81. The zero-order valence-corrected chi connectivity index (χ0v) is 11.6. The lowest BCUT2D eigenvalue weighted by Crippen LogP contribution is -1.89. The molecule has 0 radical (unpaired) electrons. The van der Waals surface area contributed by atoms with Gasteiger partial charge in [0.05, 0.1) is 0 Å². The molecule has 0 heteroatoms. The molecule has 0 heterocycles. The van der Waals surface area contributed by atoms with E-state index >= 15 is 0 Å². The van der Waals surface area contributed by atoms with E-state index in [1.165, 1.54) is 24.0 Å². The van der Waals surface area contributed by atoms with Gasteiger partial charge >= 0.3 is 0 Å². The SMILES string of the molecule is C=C(C)CCC[C@H](C)/C=C/C=C/c1ccccc1. The summed E-state index contributed by atoms with van der Waals surface area (Å²) in [5.74, 6) is 0.643. The monoisotopic (exact) mass is 240 g/mol. The van der Waals surface area contributed by atoms with E-state index in [0.29, 0.717) is 5.92 Å². The maximum Gasteiger partial charge on any atom is -0.0257 e. The Bertz CT molecular complexity index is 395. The molecule has 1 aromatic rings. The van der Waals surface area contributed by atoms with E-state index in [1.807, 2.05) is 6.07 Å². The van der Waals surface area contributed by atoms with Crippen molar-refractivity contribution in [2.24, 2.45) is 5.92 Å². The summed E-state index contributed by atoms with van der Waals surface area (Å²) >= 11 is 0. The van der Waals surface area contributed by atoms with Crippen LogP contribution in [0.1, 0.15) is 38.7 Å². The quantitative estimate of drug-likeness (QED) is 0.427. The highest BCUT2D eigenvalue weighted by molar-refractivity contribution is 5.50. The lowest BCUT2D eigenvalue weighted by atomic mass is 10.0. The summed E-state index contributed by atoms with van der Waals surface area (Å²) in [7, 11) is 0. The first-order valence-corrected chi connectivity index (χ1v) is 6.73. The van der Waals surface area contributed by atoms with Crippen LogP contribution in [0, 0.1) is 5.92 Å². The summed E-state index contributed by atoms with van der Waals surface area (Å²) < 4.78 is 0. The molecule has 0 aliphatic carbocycles. The van der Waals surface area contributed by atoms with E-state index in [-0.39, 0.29) is 0 Å². The fourth-order valence-electron chi connectivity index (χ4n) is 1.81. The molecule has 0 aliphatic rings. The Morgan fingerprint density at radius 1 is 1.22 bits per heavy atom. The molecule has 0 saturated heterocycles. The van der Waals surface area contributed by atoms with E-state index in [4.69, 9.17) is 0 Å². The van der Waals surface area contributed by atoms with E-state index in [9.17, 15) is 0 Å². The van der Waals surface area contributed by atoms with Gasteiger partial charge in [0.1, 0.15) is 0 Å². The number of hydrogen-bond acceptors (Lipinski definition) is 0. The predicted octanol–water partition coefficient (Wildman–Crippen LogP) is 5.64. The maximum atomic E-state index is 3.93. The van der Waals surface area contributed by atoms with Crippen LogP contribution in [0.3, 0.4) is 0 Å². The van der Waals surface area contributed by atoms with Crippen molar-refractivity contribution in [3.8, 4) is 0 Å². The van der Waals surface area contributed by atoms with Crippen LogP contribution in [0.4, 0.5) is 0 Å². The van der Waals surface area contributed by atoms with Crippen molar-refractivity contribution in [1.82, 2.24) is 0 Å². The molecule has 0 amide bonds. The molecular formula is C18H24. The molecule has 0 spiro atoms. The van der Waals surface area contributed by atoms with Crippen molar-refractivity contribution in [2.45, 2.75) is 33.1 Å². The van der Waals surface area contributed by atoms with Crippen molar-refractivity contribution in [2.75, 3.05) is 0 Å². The van der Waals surface area contributed by atoms with Gasteiger partial charge in [0, 0.05) is 0 Å². The maximum absolute atomic E-state index is 3.93. The molecule has 0 saturated carbocycles. The summed E-state index contributed by atoms with van der Waals surface area (Å²) in [5.41, 5.74) is 2.53. The number of allylic oxidation sites excluding steroid dienone is 4. The Kier molecular flexibility index (Phi) is 6.86. The molecule has 0 bridgehead atoms. The van der Waals surface area contributed by atoms with Crippen molar-refractivity contribution >= 4 is 6.08 Å². The minimum atomic E-state index is 0.643. The molecule has 0 unspecified atom stereocenters. The molecule has 0 aromatic heterocycles. The molecule has 96 valence electrons. The highest BCUT2D eigenvalue weighted by Crippen LogP contribution is 2.12. The molecule has 0 N–H and O–H groups in total. The van der Waals surface area contributed by atoms with Crippen LogP contribution in [0.15, 0.2) is 60.7 Å².